The fourth-order valence-corrected chi connectivity index (χ4v) is 3.26. The first-order valence-electron chi connectivity index (χ1n) is 9.95. The minimum Gasteiger partial charge on any atom is -0.493 e. The molecule has 1 N–H and O–H groups in total. The van der Waals surface area contributed by atoms with Gasteiger partial charge in [0.1, 0.15) is 5.75 Å². The Morgan fingerprint density at radius 3 is 2.52 bits per heavy atom. The second kappa shape index (κ2) is 9.56. The molecule has 3 rings (SSSR count). The number of rotatable bonds is 7. The Morgan fingerprint density at radius 1 is 1.07 bits per heavy atom. The highest BCUT2D eigenvalue weighted by atomic mass is 16.5. The average Bonchev–Trinajstić information content (AvgIpc) is 2.69. The maximum Gasteiger partial charge on any atom is 0.255 e. The van der Waals surface area contributed by atoms with Crippen molar-refractivity contribution in [2.75, 3.05) is 25.0 Å². The first kappa shape index (κ1) is 19.4. The van der Waals surface area contributed by atoms with Gasteiger partial charge < -0.3 is 10.1 Å². The molecule has 0 saturated carbocycles. The maximum atomic E-state index is 12.5. The molecule has 4 heteroatoms. The second-order valence-electron chi connectivity index (χ2n) is 7.72. The molecule has 0 radical (unpaired) electrons. The molecule has 1 saturated heterocycles. The predicted molar refractivity (Wildman–Crippen MR) is 110 cm³/mol. The molecule has 2 aromatic carbocycles. The van der Waals surface area contributed by atoms with Crippen LogP contribution in [0.15, 0.2) is 48.5 Å². The summed E-state index contributed by atoms with van der Waals surface area (Å²) < 4.78 is 5.71. The molecule has 1 aliphatic heterocycles. The molecule has 144 valence electrons. The van der Waals surface area contributed by atoms with Crippen molar-refractivity contribution in [2.45, 2.75) is 39.7 Å². The summed E-state index contributed by atoms with van der Waals surface area (Å²) in [4.78, 5) is 15.0. The topological polar surface area (TPSA) is 41.6 Å². The van der Waals surface area contributed by atoms with Gasteiger partial charge in [-0.15, -0.1) is 0 Å². The molecule has 1 aliphatic rings. The van der Waals surface area contributed by atoms with E-state index >= 15 is 0 Å². The lowest BCUT2D eigenvalue weighted by Crippen LogP contribution is -2.29. The van der Waals surface area contributed by atoms with Crippen LogP contribution >= 0.6 is 0 Å². The Bertz CT molecular complexity index is 734. The summed E-state index contributed by atoms with van der Waals surface area (Å²) in [5.41, 5.74) is 2.71. The third kappa shape index (κ3) is 6.10. The third-order valence-corrected chi connectivity index (χ3v) is 4.75. The van der Waals surface area contributed by atoms with Crippen molar-refractivity contribution >= 4 is 11.6 Å². The summed E-state index contributed by atoms with van der Waals surface area (Å²) in [6.07, 6.45) is 3.95. The fourth-order valence-electron chi connectivity index (χ4n) is 3.26. The first-order valence-corrected chi connectivity index (χ1v) is 9.95. The van der Waals surface area contributed by atoms with E-state index in [1.807, 2.05) is 30.3 Å². The summed E-state index contributed by atoms with van der Waals surface area (Å²) in [7, 11) is 0. The quantitative estimate of drug-likeness (QED) is 0.753. The zero-order valence-corrected chi connectivity index (χ0v) is 16.4. The Kier molecular flexibility index (Phi) is 6.88. The molecule has 2 aromatic rings. The highest BCUT2D eigenvalue weighted by Gasteiger charge is 2.11. The highest BCUT2D eigenvalue weighted by Crippen LogP contribution is 2.18. The first-order chi connectivity index (χ1) is 13.1. The number of carbonyl (C=O) groups excluding carboxylic acids is 1. The van der Waals surface area contributed by atoms with Crippen molar-refractivity contribution in [3.63, 3.8) is 0 Å². The monoisotopic (exact) mass is 366 g/mol. The largest absolute Gasteiger partial charge is 0.493 e. The normalized spacial score (nSPS) is 14.9. The van der Waals surface area contributed by atoms with Gasteiger partial charge in [-0.2, -0.15) is 0 Å². The SMILES string of the molecule is CC(C)COc1cccc(C(=O)Nc2ccc(CN3CCCCC3)cc2)c1. The van der Waals surface area contributed by atoms with Gasteiger partial charge in [0, 0.05) is 17.8 Å². The molecule has 1 heterocycles. The second-order valence-corrected chi connectivity index (χ2v) is 7.72. The number of benzene rings is 2. The molecule has 0 aliphatic carbocycles. The lowest BCUT2D eigenvalue weighted by molar-refractivity contribution is 0.102. The molecule has 4 nitrogen and oxygen atoms in total. The number of likely N-dealkylation sites (tertiary alicyclic amines) is 1. The van der Waals surface area contributed by atoms with E-state index < -0.39 is 0 Å². The minimum atomic E-state index is -0.117. The summed E-state index contributed by atoms with van der Waals surface area (Å²) in [5.74, 6) is 1.06. The predicted octanol–water partition coefficient (Wildman–Crippen LogP) is 4.96. The van der Waals surface area contributed by atoms with Crippen LogP contribution in [0.25, 0.3) is 0 Å². The van der Waals surface area contributed by atoms with Gasteiger partial charge in [0.05, 0.1) is 6.61 Å². The van der Waals surface area contributed by atoms with Crippen LogP contribution in [-0.4, -0.2) is 30.5 Å². The number of carbonyl (C=O) groups is 1. The Hall–Kier alpha value is -2.33. The van der Waals surface area contributed by atoms with E-state index in [9.17, 15) is 4.79 Å². The summed E-state index contributed by atoms with van der Waals surface area (Å²) in [6, 6.07) is 15.5. The van der Waals surface area contributed by atoms with Crippen molar-refractivity contribution in [3.05, 3.63) is 59.7 Å². The van der Waals surface area contributed by atoms with Gasteiger partial charge in [-0.05, 0) is 67.7 Å². The lowest BCUT2D eigenvalue weighted by atomic mass is 10.1. The van der Waals surface area contributed by atoms with Crippen molar-refractivity contribution in [1.82, 2.24) is 4.90 Å². The molecule has 0 spiro atoms. The molecular weight excluding hydrogens is 336 g/mol. The third-order valence-electron chi connectivity index (χ3n) is 4.75. The van der Waals surface area contributed by atoms with E-state index in [0.717, 1.165) is 18.0 Å². The van der Waals surface area contributed by atoms with Crippen LogP contribution in [0, 0.1) is 5.92 Å². The van der Waals surface area contributed by atoms with Gasteiger partial charge in [0.25, 0.3) is 5.91 Å². The van der Waals surface area contributed by atoms with E-state index in [-0.39, 0.29) is 5.91 Å². The number of ether oxygens (including phenoxy) is 1. The molecular formula is C23H30N2O2. The molecule has 27 heavy (non-hydrogen) atoms. The Balaban J connectivity index is 1.56. The molecule has 0 atom stereocenters. The number of nitrogens with one attached hydrogen (secondary N) is 1. The summed E-state index contributed by atoms with van der Waals surface area (Å²) in [5, 5.41) is 2.97. The minimum absolute atomic E-state index is 0.117. The van der Waals surface area contributed by atoms with E-state index in [4.69, 9.17) is 4.74 Å². The van der Waals surface area contributed by atoms with Crippen molar-refractivity contribution in [3.8, 4) is 5.75 Å². The van der Waals surface area contributed by atoms with E-state index in [2.05, 4.69) is 36.2 Å². The maximum absolute atomic E-state index is 12.5. The van der Waals surface area contributed by atoms with Crippen LogP contribution < -0.4 is 10.1 Å². The summed E-state index contributed by atoms with van der Waals surface area (Å²) in [6.45, 7) is 8.21. The number of anilines is 1. The number of hydrogen-bond acceptors (Lipinski definition) is 3. The molecule has 0 unspecified atom stereocenters. The van der Waals surface area contributed by atoms with Gasteiger partial charge >= 0.3 is 0 Å². The van der Waals surface area contributed by atoms with E-state index in [1.54, 1.807) is 6.07 Å². The van der Waals surface area contributed by atoms with Crippen LogP contribution in [0.1, 0.15) is 49.0 Å². The summed E-state index contributed by atoms with van der Waals surface area (Å²) >= 11 is 0. The zero-order chi connectivity index (χ0) is 19.1. The van der Waals surface area contributed by atoms with Gasteiger partial charge in [-0.1, -0.05) is 38.5 Å². The van der Waals surface area contributed by atoms with Crippen molar-refractivity contribution in [2.24, 2.45) is 5.92 Å². The van der Waals surface area contributed by atoms with Crippen LogP contribution in [0.3, 0.4) is 0 Å². The smallest absolute Gasteiger partial charge is 0.255 e. The molecule has 1 amide bonds. The lowest BCUT2D eigenvalue weighted by Gasteiger charge is -2.26. The molecule has 0 bridgehead atoms. The van der Waals surface area contributed by atoms with Crippen LogP contribution in [0.2, 0.25) is 0 Å². The standard InChI is InChI=1S/C23H30N2O2/c1-18(2)17-27-22-8-6-7-20(15-22)23(26)24-21-11-9-19(10-12-21)16-25-13-4-3-5-14-25/h6-12,15,18H,3-5,13-14,16-17H2,1-2H3,(H,24,26). The van der Waals surface area contributed by atoms with Gasteiger partial charge in [-0.3, -0.25) is 9.69 Å². The Morgan fingerprint density at radius 2 is 1.81 bits per heavy atom. The number of amides is 1. The molecule has 0 aromatic heterocycles. The van der Waals surface area contributed by atoms with Gasteiger partial charge in [0.2, 0.25) is 0 Å². The highest BCUT2D eigenvalue weighted by molar-refractivity contribution is 6.04. The Labute approximate surface area is 162 Å². The van der Waals surface area contributed by atoms with Crippen LogP contribution in [-0.2, 0) is 6.54 Å². The van der Waals surface area contributed by atoms with Crippen molar-refractivity contribution in [1.29, 1.82) is 0 Å². The van der Waals surface area contributed by atoms with Gasteiger partial charge in [-0.25, -0.2) is 0 Å². The number of nitrogens with zero attached hydrogens (tertiary/aromatic N) is 1. The number of piperidine rings is 1. The van der Waals surface area contributed by atoms with E-state index in [0.29, 0.717) is 18.1 Å². The van der Waals surface area contributed by atoms with Crippen LogP contribution in [0.5, 0.6) is 5.75 Å². The van der Waals surface area contributed by atoms with Gasteiger partial charge in [0.15, 0.2) is 0 Å². The zero-order valence-electron chi connectivity index (χ0n) is 16.4. The van der Waals surface area contributed by atoms with Crippen LogP contribution in [0.4, 0.5) is 5.69 Å². The van der Waals surface area contributed by atoms with Crippen molar-refractivity contribution < 1.29 is 9.53 Å². The number of hydrogen-bond donors (Lipinski definition) is 1. The fraction of sp³-hybridized carbons (Fsp3) is 0.435. The molecule has 1 fully saturated rings. The van der Waals surface area contributed by atoms with E-state index in [1.165, 1.54) is 37.9 Å². The average molecular weight is 367 g/mol.